The summed E-state index contributed by atoms with van der Waals surface area (Å²) in [5.41, 5.74) is 2.79. The van der Waals surface area contributed by atoms with Crippen LogP contribution in [0.4, 0.5) is 5.00 Å². The summed E-state index contributed by atoms with van der Waals surface area (Å²) in [6.45, 7) is 5.38. The Morgan fingerprint density at radius 1 is 1.30 bits per heavy atom. The number of carbonyl (C=O) groups excluding carboxylic acids is 1. The van der Waals surface area contributed by atoms with E-state index in [0.29, 0.717) is 12.0 Å². The van der Waals surface area contributed by atoms with Gasteiger partial charge in [0.05, 0.1) is 11.3 Å². The fraction of sp³-hybridized carbons (Fsp3) is 0.526. The van der Waals surface area contributed by atoms with Crippen molar-refractivity contribution in [2.75, 3.05) is 38.0 Å². The minimum atomic E-state index is -0.00329. The van der Waals surface area contributed by atoms with Crippen LogP contribution in [0, 0.1) is 11.3 Å². The van der Waals surface area contributed by atoms with Gasteiger partial charge in [-0.1, -0.05) is 5.16 Å². The molecule has 0 spiro atoms. The maximum atomic E-state index is 12.4. The standard InChI is InChI=1S/C19H23N5O2S/c20-12-16-15-2-1-3-17(15)27-19(16)21-18(25)4-6-23-7-9-24(10-8-23)13-14-5-11-26-22-14/h5,11H,1-4,6-10,13H2,(H,21,25). The van der Waals surface area contributed by atoms with Gasteiger partial charge in [0.1, 0.15) is 17.3 Å². The number of nitrogens with one attached hydrogen (secondary N) is 1. The van der Waals surface area contributed by atoms with E-state index < -0.39 is 0 Å². The zero-order valence-electron chi connectivity index (χ0n) is 15.2. The van der Waals surface area contributed by atoms with E-state index in [4.69, 9.17) is 4.52 Å². The highest BCUT2D eigenvalue weighted by molar-refractivity contribution is 7.16. The molecule has 27 heavy (non-hydrogen) atoms. The van der Waals surface area contributed by atoms with Crippen LogP contribution in [-0.2, 0) is 24.2 Å². The monoisotopic (exact) mass is 385 g/mol. The molecule has 1 saturated heterocycles. The van der Waals surface area contributed by atoms with E-state index >= 15 is 0 Å². The van der Waals surface area contributed by atoms with Gasteiger partial charge < -0.3 is 14.7 Å². The van der Waals surface area contributed by atoms with Gasteiger partial charge >= 0.3 is 0 Å². The van der Waals surface area contributed by atoms with E-state index in [1.165, 1.54) is 4.88 Å². The summed E-state index contributed by atoms with van der Waals surface area (Å²) < 4.78 is 4.88. The molecule has 1 amide bonds. The Labute approximate surface area is 162 Å². The Balaban J connectivity index is 1.22. The lowest BCUT2D eigenvalue weighted by atomic mass is 10.1. The van der Waals surface area contributed by atoms with Crippen molar-refractivity contribution < 1.29 is 9.32 Å². The van der Waals surface area contributed by atoms with Crippen LogP contribution in [0.3, 0.4) is 0 Å². The molecule has 142 valence electrons. The Kier molecular flexibility index (Phi) is 5.53. The Bertz CT molecular complexity index is 831. The smallest absolute Gasteiger partial charge is 0.226 e. The van der Waals surface area contributed by atoms with Crippen molar-refractivity contribution in [3.05, 3.63) is 34.0 Å². The molecule has 0 radical (unpaired) electrons. The molecule has 0 unspecified atom stereocenters. The van der Waals surface area contributed by atoms with Gasteiger partial charge in [0.15, 0.2) is 0 Å². The lowest BCUT2D eigenvalue weighted by Gasteiger charge is -2.34. The van der Waals surface area contributed by atoms with Gasteiger partial charge in [0.25, 0.3) is 0 Å². The SMILES string of the molecule is N#Cc1c(NC(=O)CCN2CCN(Cc3ccon3)CC2)sc2c1CCC2. The number of nitrogens with zero attached hydrogens (tertiary/aromatic N) is 4. The van der Waals surface area contributed by atoms with Gasteiger partial charge in [-0.05, 0) is 24.8 Å². The van der Waals surface area contributed by atoms with Gasteiger partial charge in [0.2, 0.25) is 5.91 Å². The second kappa shape index (κ2) is 8.21. The van der Waals surface area contributed by atoms with Crippen LogP contribution in [0.2, 0.25) is 0 Å². The third-order valence-corrected chi connectivity index (χ3v) is 6.49. The fourth-order valence-electron chi connectivity index (χ4n) is 3.78. The van der Waals surface area contributed by atoms with E-state index in [1.54, 1.807) is 17.6 Å². The number of nitriles is 1. The van der Waals surface area contributed by atoms with Crippen molar-refractivity contribution >= 4 is 22.2 Å². The molecule has 3 heterocycles. The van der Waals surface area contributed by atoms with Crippen molar-refractivity contribution in [3.63, 3.8) is 0 Å². The molecule has 0 aromatic carbocycles. The largest absolute Gasteiger partial charge is 0.364 e. The average Bonchev–Trinajstić information content (AvgIpc) is 3.39. The Morgan fingerprint density at radius 2 is 2.11 bits per heavy atom. The molecule has 2 aromatic rings. The highest BCUT2D eigenvalue weighted by Gasteiger charge is 2.23. The third kappa shape index (κ3) is 4.21. The quantitative estimate of drug-likeness (QED) is 0.821. The summed E-state index contributed by atoms with van der Waals surface area (Å²) in [7, 11) is 0. The van der Waals surface area contributed by atoms with Gasteiger partial charge in [-0.15, -0.1) is 11.3 Å². The lowest BCUT2D eigenvalue weighted by molar-refractivity contribution is -0.116. The molecule has 0 bridgehead atoms. The zero-order valence-corrected chi connectivity index (χ0v) is 16.1. The number of hydrogen-bond donors (Lipinski definition) is 1. The first-order chi connectivity index (χ1) is 13.2. The molecule has 1 N–H and O–H groups in total. The lowest BCUT2D eigenvalue weighted by Crippen LogP contribution is -2.46. The van der Waals surface area contributed by atoms with Crippen LogP contribution in [0.5, 0.6) is 0 Å². The van der Waals surface area contributed by atoms with E-state index in [0.717, 1.165) is 74.8 Å². The van der Waals surface area contributed by atoms with Crippen molar-refractivity contribution in [2.45, 2.75) is 32.2 Å². The topological polar surface area (TPSA) is 85.4 Å². The number of amides is 1. The van der Waals surface area contributed by atoms with Crippen molar-refractivity contribution in [3.8, 4) is 6.07 Å². The first-order valence-corrected chi connectivity index (χ1v) is 10.2. The number of rotatable bonds is 6. The van der Waals surface area contributed by atoms with Gasteiger partial charge in [-0.2, -0.15) is 5.26 Å². The van der Waals surface area contributed by atoms with E-state index in [9.17, 15) is 10.1 Å². The molecule has 7 nitrogen and oxygen atoms in total. The predicted molar refractivity (Wildman–Crippen MR) is 103 cm³/mol. The van der Waals surface area contributed by atoms with Crippen LogP contribution in [0.15, 0.2) is 16.9 Å². The molecule has 2 aliphatic rings. The minimum Gasteiger partial charge on any atom is -0.364 e. The second-order valence-electron chi connectivity index (χ2n) is 7.08. The molecule has 0 atom stereocenters. The summed E-state index contributed by atoms with van der Waals surface area (Å²) in [5, 5.41) is 17.1. The predicted octanol–water partition coefficient (Wildman–Crippen LogP) is 2.24. The summed E-state index contributed by atoms with van der Waals surface area (Å²) >= 11 is 1.58. The molecular formula is C19H23N5O2S. The maximum Gasteiger partial charge on any atom is 0.226 e. The highest BCUT2D eigenvalue weighted by atomic mass is 32.1. The normalized spacial score (nSPS) is 17.6. The fourth-order valence-corrected chi connectivity index (χ4v) is 5.03. The number of hydrogen-bond acceptors (Lipinski definition) is 7. The van der Waals surface area contributed by atoms with E-state index in [2.05, 4.69) is 26.3 Å². The molecular weight excluding hydrogens is 362 g/mol. The van der Waals surface area contributed by atoms with E-state index in [1.807, 2.05) is 6.07 Å². The molecule has 1 aliphatic heterocycles. The van der Waals surface area contributed by atoms with Crippen LogP contribution in [0.1, 0.15) is 34.5 Å². The third-order valence-electron chi connectivity index (χ3n) is 5.28. The molecule has 4 rings (SSSR count). The first-order valence-electron chi connectivity index (χ1n) is 9.41. The molecule has 1 aliphatic carbocycles. The van der Waals surface area contributed by atoms with Crippen molar-refractivity contribution in [1.29, 1.82) is 5.26 Å². The molecule has 0 saturated carbocycles. The average molecular weight is 385 g/mol. The number of aromatic nitrogens is 1. The first kappa shape index (κ1) is 18.2. The van der Waals surface area contributed by atoms with Crippen LogP contribution >= 0.6 is 11.3 Å². The van der Waals surface area contributed by atoms with E-state index in [-0.39, 0.29) is 5.91 Å². The van der Waals surface area contributed by atoms with Crippen molar-refractivity contribution in [1.82, 2.24) is 15.0 Å². The summed E-state index contributed by atoms with van der Waals surface area (Å²) in [5.74, 6) is -0.00329. The van der Waals surface area contributed by atoms with Crippen LogP contribution < -0.4 is 5.32 Å². The van der Waals surface area contributed by atoms with Crippen LogP contribution in [-0.4, -0.2) is 53.6 Å². The number of thiophene rings is 1. The Morgan fingerprint density at radius 3 is 2.85 bits per heavy atom. The number of anilines is 1. The summed E-state index contributed by atoms with van der Waals surface area (Å²) in [6.07, 6.45) is 5.17. The van der Waals surface area contributed by atoms with Gasteiger partial charge in [-0.25, -0.2) is 0 Å². The second-order valence-corrected chi connectivity index (χ2v) is 8.19. The molecule has 1 fully saturated rings. The van der Waals surface area contributed by atoms with Crippen LogP contribution in [0.25, 0.3) is 0 Å². The number of piperazine rings is 1. The number of aryl methyl sites for hydroxylation is 1. The van der Waals surface area contributed by atoms with Crippen molar-refractivity contribution in [2.24, 2.45) is 0 Å². The highest BCUT2D eigenvalue weighted by Crippen LogP contribution is 2.38. The summed E-state index contributed by atoms with van der Waals surface area (Å²) in [4.78, 5) is 18.3. The maximum absolute atomic E-state index is 12.4. The Hall–Kier alpha value is -2.21. The molecule has 2 aromatic heterocycles. The zero-order chi connectivity index (χ0) is 18.6. The minimum absolute atomic E-state index is 0.00329. The number of fused-ring (bicyclic) bond motifs is 1. The summed E-state index contributed by atoms with van der Waals surface area (Å²) in [6, 6.07) is 4.17. The molecule has 8 heteroatoms. The van der Waals surface area contributed by atoms with Gasteiger partial charge in [0, 0.05) is 56.6 Å². The number of carbonyl (C=O) groups is 1. The van der Waals surface area contributed by atoms with Gasteiger partial charge in [-0.3, -0.25) is 9.69 Å².